The third-order valence-corrected chi connectivity index (χ3v) is 2.13. The first-order valence-electron chi connectivity index (χ1n) is 5.22. The van der Waals surface area contributed by atoms with E-state index in [0.717, 1.165) is 6.42 Å². The number of furan rings is 1. The van der Waals surface area contributed by atoms with Crippen molar-refractivity contribution in [2.24, 2.45) is 0 Å². The minimum atomic E-state index is -0.254. The first-order valence-corrected chi connectivity index (χ1v) is 5.22. The Morgan fingerprint density at radius 3 is 2.75 bits per heavy atom. The SMILES string of the molecule is CCCN(CC(=O)NC)C(=O)c1ccco1. The van der Waals surface area contributed by atoms with Crippen LogP contribution in [0, 0.1) is 0 Å². The summed E-state index contributed by atoms with van der Waals surface area (Å²) in [6.07, 6.45) is 2.24. The summed E-state index contributed by atoms with van der Waals surface area (Å²) in [5.74, 6) is -0.179. The van der Waals surface area contributed by atoms with Crippen molar-refractivity contribution in [1.29, 1.82) is 0 Å². The average molecular weight is 224 g/mol. The Labute approximate surface area is 94.4 Å². The zero-order valence-corrected chi connectivity index (χ0v) is 9.53. The molecule has 0 fully saturated rings. The molecule has 0 aliphatic carbocycles. The Bertz CT molecular complexity index is 346. The largest absolute Gasteiger partial charge is 0.459 e. The second kappa shape index (κ2) is 5.95. The number of hydrogen-bond acceptors (Lipinski definition) is 3. The lowest BCUT2D eigenvalue weighted by atomic mass is 10.3. The molecule has 0 aliphatic rings. The Kier molecular flexibility index (Phi) is 4.57. The lowest BCUT2D eigenvalue weighted by Gasteiger charge is -2.19. The van der Waals surface area contributed by atoms with E-state index in [2.05, 4.69) is 5.32 Å². The van der Waals surface area contributed by atoms with Crippen LogP contribution in [-0.4, -0.2) is 36.9 Å². The van der Waals surface area contributed by atoms with Gasteiger partial charge in [0.05, 0.1) is 12.8 Å². The van der Waals surface area contributed by atoms with E-state index >= 15 is 0 Å². The van der Waals surface area contributed by atoms with Gasteiger partial charge in [-0.2, -0.15) is 0 Å². The van der Waals surface area contributed by atoms with E-state index in [4.69, 9.17) is 4.42 Å². The number of amides is 2. The summed E-state index contributed by atoms with van der Waals surface area (Å²) < 4.78 is 5.01. The lowest BCUT2D eigenvalue weighted by Crippen LogP contribution is -2.39. The molecule has 1 aromatic heterocycles. The number of nitrogens with zero attached hydrogens (tertiary/aromatic N) is 1. The molecule has 1 aromatic rings. The van der Waals surface area contributed by atoms with Gasteiger partial charge in [0.2, 0.25) is 5.91 Å². The molecule has 0 unspecified atom stereocenters. The molecule has 0 spiro atoms. The highest BCUT2D eigenvalue weighted by Crippen LogP contribution is 2.06. The Morgan fingerprint density at radius 1 is 1.50 bits per heavy atom. The fraction of sp³-hybridized carbons (Fsp3) is 0.455. The van der Waals surface area contributed by atoms with E-state index in [0.29, 0.717) is 6.54 Å². The molecule has 1 rings (SSSR count). The Morgan fingerprint density at radius 2 is 2.25 bits per heavy atom. The molecule has 0 atom stereocenters. The molecular weight excluding hydrogens is 208 g/mol. The second-order valence-corrected chi connectivity index (χ2v) is 3.38. The van der Waals surface area contributed by atoms with Gasteiger partial charge < -0.3 is 14.6 Å². The summed E-state index contributed by atoms with van der Waals surface area (Å²) >= 11 is 0. The molecule has 88 valence electrons. The standard InChI is InChI=1S/C11H16N2O3/c1-3-6-13(8-10(14)12-2)11(15)9-5-4-7-16-9/h4-5,7H,3,6,8H2,1-2H3,(H,12,14). The predicted molar refractivity (Wildman–Crippen MR) is 59.0 cm³/mol. The average Bonchev–Trinajstić information content (AvgIpc) is 2.80. The molecule has 1 heterocycles. The molecule has 0 aliphatic heterocycles. The van der Waals surface area contributed by atoms with Crippen LogP contribution in [0.3, 0.4) is 0 Å². The quantitative estimate of drug-likeness (QED) is 0.807. The summed E-state index contributed by atoms with van der Waals surface area (Å²) in [7, 11) is 1.55. The van der Waals surface area contributed by atoms with Gasteiger partial charge in [0.15, 0.2) is 5.76 Å². The Hall–Kier alpha value is -1.78. The minimum Gasteiger partial charge on any atom is -0.459 e. The topological polar surface area (TPSA) is 62.6 Å². The van der Waals surface area contributed by atoms with E-state index in [1.807, 2.05) is 6.92 Å². The fourth-order valence-corrected chi connectivity index (χ4v) is 1.33. The smallest absolute Gasteiger partial charge is 0.290 e. The summed E-state index contributed by atoms with van der Waals surface area (Å²) in [6.45, 7) is 2.54. The molecule has 0 aromatic carbocycles. The van der Waals surface area contributed by atoms with Gasteiger partial charge in [-0.05, 0) is 18.6 Å². The van der Waals surface area contributed by atoms with Crippen LogP contribution in [0.2, 0.25) is 0 Å². The first-order chi connectivity index (χ1) is 7.69. The van der Waals surface area contributed by atoms with Gasteiger partial charge in [-0.15, -0.1) is 0 Å². The van der Waals surface area contributed by atoms with Gasteiger partial charge in [-0.1, -0.05) is 6.92 Å². The van der Waals surface area contributed by atoms with Crippen molar-refractivity contribution >= 4 is 11.8 Å². The highest BCUT2D eigenvalue weighted by molar-refractivity contribution is 5.94. The van der Waals surface area contributed by atoms with Crippen LogP contribution in [0.25, 0.3) is 0 Å². The van der Waals surface area contributed by atoms with E-state index in [1.54, 1.807) is 19.2 Å². The molecule has 0 radical (unpaired) electrons. The minimum absolute atomic E-state index is 0.0594. The number of carbonyl (C=O) groups excluding carboxylic acids is 2. The maximum atomic E-state index is 11.9. The second-order valence-electron chi connectivity index (χ2n) is 3.38. The van der Waals surface area contributed by atoms with Crippen LogP contribution in [0.1, 0.15) is 23.9 Å². The summed E-state index contributed by atoms with van der Waals surface area (Å²) in [4.78, 5) is 24.6. The summed E-state index contributed by atoms with van der Waals surface area (Å²) in [5.41, 5.74) is 0. The van der Waals surface area contributed by atoms with Crippen molar-refractivity contribution in [2.45, 2.75) is 13.3 Å². The van der Waals surface area contributed by atoms with Gasteiger partial charge in [-0.25, -0.2) is 0 Å². The molecule has 5 nitrogen and oxygen atoms in total. The monoisotopic (exact) mass is 224 g/mol. The molecule has 1 N–H and O–H groups in total. The van der Waals surface area contributed by atoms with Gasteiger partial charge in [0, 0.05) is 13.6 Å². The van der Waals surface area contributed by atoms with Crippen LogP contribution in [0.15, 0.2) is 22.8 Å². The molecule has 0 saturated heterocycles. The molecule has 16 heavy (non-hydrogen) atoms. The zero-order valence-electron chi connectivity index (χ0n) is 9.53. The van der Waals surface area contributed by atoms with Crippen LogP contribution in [0.5, 0.6) is 0 Å². The van der Waals surface area contributed by atoms with Crippen LogP contribution in [0.4, 0.5) is 0 Å². The molecule has 5 heteroatoms. The van der Waals surface area contributed by atoms with E-state index in [1.165, 1.54) is 11.2 Å². The van der Waals surface area contributed by atoms with Gasteiger partial charge in [-0.3, -0.25) is 9.59 Å². The Balaban J connectivity index is 2.69. The maximum absolute atomic E-state index is 11.9. The van der Waals surface area contributed by atoms with Crippen LogP contribution in [-0.2, 0) is 4.79 Å². The van der Waals surface area contributed by atoms with Crippen molar-refractivity contribution in [3.8, 4) is 0 Å². The molecular formula is C11H16N2O3. The van der Waals surface area contributed by atoms with Gasteiger partial charge >= 0.3 is 0 Å². The normalized spacial score (nSPS) is 9.88. The number of carbonyl (C=O) groups is 2. The molecule has 0 bridgehead atoms. The van der Waals surface area contributed by atoms with Crippen molar-refractivity contribution in [3.63, 3.8) is 0 Å². The summed E-state index contributed by atoms with van der Waals surface area (Å²) in [5, 5.41) is 2.49. The van der Waals surface area contributed by atoms with Gasteiger partial charge in [0.1, 0.15) is 0 Å². The summed E-state index contributed by atoms with van der Waals surface area (Å²) in [6, 6.07) is 3.24. The lowest BCUT2D eigenvalue weighted by molar-refractivity contribution is -0.121. The number of hydrogen-bond donors (Lipinski definition) is 1. The molecule has 0 saturated carbocycles. The number of nitrogens with one attached hydrogen (secondary N) is 1. The van der Waals surface area contributed by atoms with E-state index in [-0.39, 0.29) is 24.1 Å². The van der Waals surface area contributed by atoms with Crippen molar-refractivity contribution < 1.29 is 14.0 Å². The number of likely N-dealkylation sites (N-methyl/N-ethyl adjacent to an activating group) is 1. The van der Waals surface area contributed by atoms with Crippen LogP contribution < -0.4 is 5.32 Å². The highest BCUT2D eigenvalue weighted by atomic mass is 16.3. The third kappa shape index (κ3) is 3.12. The third-order valence-electron chi connectivity index (χ3n) is 2.13. The predicted octanol–water partition coefficient (Wildman–Crippen LogP) is 0.878. The van der Waals surface area contributed by atoms with Crippen molar-refractivity contribution in [1.82, 2.24) is 10.2 Å². The zero-order chi connectivity index (χ0) is 12.0. The van der Waals surface area contributed by atoms with E-state index in [9.17, 15) is 9.59 Å². The number of rotatable bonds is 5. The maximum Gasteiger partial charge on any atom is 0.290 e. The van der Waals surface area contributed by atoms with Crippen molar-refractivity contribution in [2.75, 3.05) is 20.1 Å². The van der Waals surface area contributed by atoms with Crippen LogP contribution >= 0.6 is 0 Å². The molecule has 2 amide bonds. The highest BCUT2D eigenvalue weighted by Gasteiger charge is 2.19. The fourth-order valence-electron chi connectivity index (χ4n) is 1.33. The first kappa shape index (κ1) is 12.3. The van der Waals surface area contributed by atoms with Gasteiger partial charge in [0.25, 0.3) is 5.91 Å². The van der Waals surface area contributed by atoms with Crippen molar-refractivity contribution in [3.05, 3.63) is 24.2 Å². The van der Waals surface area contributed by atoms with E-state index < -0.39 is 0 Å².